The third-order valence-electron chi connectivity index (χ3n) is 7.86. The monoisotopic (exact) mass is 559 g/mol. The molecule has 0 unspecified atom stereocenters. The Morgan fingerprint density at radius 2 is 1.86 bits per heavy atom. The summed E-state index contributed by atoms with van der Waals surface area (Å²) in [6.07, 6.45) is -2.48. The number of hydrogen-bond acceptors (Lipinski definition) is 6. The fourth-order valence-corrected chi connectivity index (χ4v) is 7.10. The first-order valence-electron chi connectivity index (χ1n) is 12.1. The number of carbonyl (C=O) groups excluding carboxylic acids is 2. The van der Waals surface area contributed by atoms with E-state index in [9.17, 15) is 36.4 Å². The molecule has 1 saturated heterocycles. The van der Waals surface area contributed by atoms with E-state index in [2.05, 4.69) is 5.32 Å². The Morgan fingerprint density at radius 3 is 2.35 bits per heavy atom. The van der Waals surface area contributed by atoms with Gasteiger partial charge in [-0.1, -0.05) is 11.6 Å². The van der Waals surface area contributed by atoms with Crippen LogP contribution < -0.4 is 10.1 Å². The summed E-state index contributed by atoms with van der Waals surface area (Å²) in [7, 11) is -4.24. The van der Waals surface area contributed by atoms with Gasteiger partial charge < -0.3 is 15.0 Å². The Bertz CT molecular complexity index is 1280. The van der Waals surface area contributed by atoms with E-state index in [0.717, 1.165) is 24.2 Å². The molecule has 3 aliphatic carbocycles. The van der Waals surface area contributed by atoms with E-state index < -0.39 is 75.9 Å². The normalized spacial score (nSPS) is 26.1. The molecule has 2 atom stereocenters. The van der Waals surface area contributed by atoms with Crippen molar-refractivity contribution in [2.24, 2.45) is 5.41 Å². The number of benzene rings is 1. The van der Waals surface area contributed by atoms with E-state index in [4.69, 9.17) is 16.3 Å². The Hall–Kier alpha value is -2.52. The molecule has 13 heteroatoms. The largest absolute Gasteiger partial charge is 0.490 e. The summed E-state index contributed by atoms with van der Waals surface area (Å²) in [5.41, 5.74) is -3.75. The third-order valence-corrected chi connectivity index (χ3v) is 10.5. The number of nitrogens with zero attached hydrogens (tertiary/aromatic N) is 2. The first-order chi connectivity index (χ1) is 17.3. The molecule has 0 spiro atoms. The van der Waals surface area contributed by atoms with Gasteiger partial charge >= 0.3 is 6.18 Å². The van der Waals surface area contributed by atoms with Crippen LogP contribution in [0.1, 0.15) is 51.4 Å². The van der Waals surface area contributed by atoms with Crippen molar-refractivity contribution in [3.63, 3.8) is 0 Å². The van der Waals surface area contributed by atoms with Gasteiger partial charge in [0.15, 0.2) is 9.84 Å². The van der Waals surface area contributed by atoms with Crippen LogP contribution in [-0.4, -0.2) is 60.8 Å². The van der Waals surface area contributed by atoms with Crippen LogP contribution in [0.15, 0.2) is 23.1 Å². The van der Waals surface area contributed by atoms with Crippen LogP contribution in [0.4, 0.5) is 13.2 Å². The molecule has 1 heterocycles. The summed E-state index contributed by atoms with van der Waals surface area (Å²) in [5, 5.41) is 10.3. The number of rotatable bonds is 7. The molecule has 1 aromatic rings. The van der Waals surface area contributed by atoms with Crippen molar-refractivity contribution in [1.82, 2.24) is 10.2 Å². The minimum absolute atomic E-state index is 0.0405. The molecule has 5 rings (SSSR count). The second-order valence-electron chi connectivity index (χ2n) is 10.4. The van der Waals surface area contributed by atoms with Gasteiger partial charge in [-0.2, -0.15) is 18.4 Å². The van der Waals surface area contributed by atoms with Crippen molar-refractivity contribution in [3.8, 4) is 11.8 Å². The zero-order valence-corrected chi connectivity index (χ0v) is 21.3. The van der Waals surface area contributed by atoms with Crippen molar-refractivity contribution >= 4 is 33.3 Å². The number of sulfone groups is 1. The minimum Gasteiger partial charge on any atom is -0.490 e. The van der Waals surface area contributed by atoms with Gasteiger partial charge in [-0.3, -0.25) is 9.59 Å². The van der Waals surface area contributed by atoms with E-state index in [1.54, 1.807) is 0 Å². The Morgan fingerprint density at radius 1 is 1.19 bits per heavy atom. The fourth-order valence-electron chi connectivity index (χ4n) is 4.87. The average Bonchev–Trinajstić information content (AvgIpc) is 3.72. The maximum atomic E-state index is 13.7. The molecule has 1 N–H and O–H groups in total. The number of hydrogen-bond donors (Lipinski definition) is 1. The van der Waals surface area contributed by atoms with Crippen LogP contribution >= 0.6 is 11.6 Å². The fraction of sp³-hybridized carbons (Fsp3) is 0.625. The van der Waals surface area contributed by atoms with Crippen LogP contribution in [0.25, 0.3) is 0 Å². The van der Waals surface area contributed by atoms with Gasteiger partial charge in [-0.05, 0) is 63.5 Å². The topological polar surface area (TPSA) is 117 Å². The number of likely N-dealkylation sites (tertiary alicyclic amines) is 1. The van der Waals surface area contributed by atoms with Gasteiger partial charge in [0.1, 0.15) is 22.7 Å². The van der Waals surface area contributed by atoms with Gasteiger partial charge in [0, 0.05) is 12.6 Å². The molecule has 4 aliphatic rings. The van der Waals surface area contributed by atoms with Crippen LogP contribution in [0.2, 0.25) is 5.02 Å². The molecule has 200 valence electrons. The molecule has 4 fully saturated rings. The summed E-state index contributed by atoms with van der Waals surface area (Å²) >= 11 is 6.29. The molecule has 2 amide bonds. The number of halogens is 4. The number of ether oxygens (including phenoxy) is 1. The minimum atomic E-state index is -4.83. The number of alkyl halides is 3. The van der Waals surface area contributed by atoms with E-state index in [0.29, 0.717) is 18.6 Å². The number of nitriles is 1. The summed E-state index contributed by atoms with van der Waals surface area (Å²) in [5.74, 6) is -1.74. The Kier molecular flexibility index (Phi) is 6.18. The lowest BCUT2D eigenvalue weighted by atomic mass is 9.96. The molecule has 0 radical (unpaired) electrons. The van der Waals surface area contributed by atoms with Crippen molar-refractivity contribution in [3.05, 3.63) is 23.2 Å². The number of carbonyl (C=O) groups is 2. The molecular weight excluding hydrogens is 535 g/mol. The highest BCUT2D eigenvalue weighted by Gasteiger charge is 2.70. The Labute approximate surface area is 217 Å². The van der Waals surface area contributed by atoms with Gasteiger partial charge in [-0.25, -0.2) is 8.42 Å². The first kappa shape index (κ1) is 26.1. The van der Waals surface area contributed by atoms with Gasteiger partial charge in [-0.15, -0.1) is 0 Å². The second kappa shape index (κ2) is 8.76. The molecule has 0 aromatic heterocycles. The highest BCUT2D eigenvalue weighted by Crippen LogP contribution is 2.59. The predicted molar refractivity (Wildman–Crippen MR) is 124 cm³/mol. The Balaban J connectivity index is 1.42. The molecule has 8 nitrogen and oxygen atoms in total. The van der Waals surface area contributed by atoms with Gasteiger partial charge in [0.05, 0.1) is 27.3 Å². The maximum absolute atomic E-state index is 13.7. The summed E-state index contributed by atoms with van der Waals surface area (Å²) < 4.78 is 74.0. The molecule has 37 heavy (non-hydrogen) atoms. The van der Waals surface area contributed by atoms with Crippen molar-refractivity contribution < 1.29 is 35.9 Å². The SMILES string of the molecule is N#CC1(NC(=O)[C@@H]2C[C@@H](S(=O)(=O)c3ccc(OC4CCC4)cc3Cl)CN2C(=O)C2(C(F)(F)F)CC2)CC1. The second-order valence-corrected chi connectivity index (χ2v) is 13.0. The summed E-state index contributed by atoms with van der Waals surface area (Å²) in [4.78, 5) is 26.7. The quantitative estimate of drug-likeness (QED) is 0.546. The van der Waals surface area contributed by atoms with Crippen LogP contribution in [0.5, 0.6) is 5.75 Å². The lowest BCUT2D eigenvalue weighted by Gasteiger charge is -2.29. The van der Waals surface area contributed by atoms with Crippen molar-refractivity contribution in [1.29, 1.82) is 5.26 Å². The molecule has 0 bridgehead atoms. The molecule has 1 aliphatic heterocycles. The highest BCUT2D eigenvalue weighted by molar-refractivity contribution is 7.92. The number of amides is 2. The van der Waals surface area contributed by atoms with Gasteiger partial charge in [0.2, 0.25) is 11.8 Å². The van der Waals surface area contributed by atoms with E-state index in [-0.39, 0.29) is 16.0 Å². The molecule has 1 aromatic carbocycles. The zero-order valence-electron chi connectivity index (χ0n) is 19.7. The first-order valence-corrected chi connectivity index (χ1v) is 14.1. The highest BCUT2D eigenvalue weighted by atomic mass is 35.5. The summed E-state index contributed by atoms with van der Waals surface area (Å²) in [6.45, 7) is -0.590. The van der Waals surface area contributed by atoms with Crippen molar-refractivity contribution in [2.75, 3.05) is 6.54 Å². The molecular formula is C24H25ClF3N3O5S. The maximum Gasteiger partial charge on any atom is 0.403 e. The standard InChI is InChI=1S/C24H25ClF3N3O5S/c25-17-10-15(36-14-2-1-3-14)4-5-19(17)37(34,35)16-11-18(20(32)30-22(13-29)6-7-22)31(12-16)21(33)23(8-9-23)24(26,27)28/h4-5,10,14,16,18H,1-3,6-9,11-12H2,(H,30,32)/t16-,18+/m1/s1. The lowest BCUT2D eigenvalue weighted by molar-refractivity contribution is -0.199. The van der Waals surface area contributed by atoms with E-state index in [1.165, 1.54) is 18.2 Å². The van der Waals surface area contributed by atoms with Crippen molar-refractivity contribution in [2.45, 2.75) is 85.4 Å². The average molecular weight is 560 g/mol. The van der Waals surface area contributed by atoms with E-state index in [1.807, 2.05) is 6.07 Å². The third kappa shape index (κ3) is 4.54. The van der Waals surface area contributed by atoms with Crippen LogP contribution in [0, 0.1) is 16.7 Å². The van der Waals surface area contributed by atoms with Crippen LogP contribution in [-0.2, 0) is 19.4 Å². The van der Waals surface area contributed by atoms with Crippen LogP contribution in [0.3, 0.4) is 0 Å². The zero-order chi connectivity index (χ0) is 26.8. The predicted octanol–water partition coefficient (Wildman–Crippen LogP) is 3.53. The van der Waals surface area contributed by atoms with E-state index >= 15 is 0 Å². The molecule has 3 saturated carbocycles. The number of nitrogens with one attached hydrogen (secondary N) is 1. The summed E-state index contributed by atoms with van der Waals surface area (Å²) in [6, 6.07) is 4.61. The smallest absolute Gasteiger partial charge is 0.403 e. The lowest BCUT2D eigenvalue weighted by Crippen LogP contribution is -2.53. The van der Waals surface area contributed by atoms with Gasteiger partial charge in [0.25, 0.3) is 0 Å².